The second-order valence-electron chi connectivity index (χ2n) is 12.0. The lowest BCUT2D eigenvalue weighted by Gasteiger charge is -2.29. The van der Waals surface area contributed by atoms with Crippen LogP contribution in [0.4, 0.5) is 15.4 Å². The highest BCUT2D eigenvalue weighted by atomic mass is 16.7. The first-order valence-electron chi connectivity index (χ1n) is 14.2. The molecule has 0 N–H and O–H groups in total. The molecule has 1 aliphatic rings. The van der Waals surface area contributed by atoms with E-state index in [2.05, 4.69) is 15.1 Å². The van der Waals surface area contributed by atoms with Gasteiger partial charge in [-0.25, -0.2) is 19.6 Å². The maximum absolute atomic E-state index is 13.5. The highest BCUT2D eigenvalue weighted by Gasteiger charge is 2.36. The fourth-order valence-electron chi connectivity index (χ4n) is 4.64. The topological polar surface area (TPSA) is 118 Å². The fourth-order valence-corrected chi connectivity index (χ4v) is 4.64. The molecule has 3 rings (SSSR count). The molecule has 0 atom stereocenters. The van der Waals surface area contributed by atoms with E-state index in [1.54, 1.807) is 47.7 Å². The Morgan fingerprint density at radius 1 is 0.975 bits per heavy atom. The molecule has 1 aliphatic carbocycles. The van der Waals surface area contributed by atoms with E-state index in [0.717, 1.165) is 17.0 Å². The highest BCUT2D eigenvalue weighted by Crippen LogP contribution is 2.32. The van der Waals surface area contributed by atoms with Crippen LogP contribution in [0.1, 0.15) is 86.6 Å². The Morgan fingerprint density at radius 3 is 2.08 bits per heavy atom. The van der Waals surface area contributed by atoms with Crippen molar-refractivity contribution in [3.8, 4) is 11.3 Å². The molecule has 0 spiro atoms. The summed E-state index contributed by atoms with van der Waals surface area (Å²) in [6, 6.07) is 0. The van der Waals surface area contributed by atoms with Gasteiger partial charge in [0.15, 0.2) is 12.1 Å². The second kappa shape index (κ2) is 13.5. The molecule has 0 aliphatic heterocycles. The maximum atomic E-state index is 13.5. The number of carbonyl (C=O) groups is 2. The van der Waals surface area contributed by atoms with E-state index in [9.17, 15) is 9.59 Å². The third-order valence-corrected chi connectivity index (χ3v) is 6.19. The zero-order valence-corrected chi connectivity index (χ0v) is 25.2. The summed E-state index contributed by atoms with van der Waals surface area (Å²) in [5.74, 6) is 0.643. The maximum Gasteiger partial charge on any atom is 0.425 e. The van der Waals surface area contributed by atoms with Gasteiger partial charge >= 0.3 is 12.2 Å². The molecule has 1 saturated carbocycles. The van der Waals surface area contributed by atoms with Gasteiger partial charge in [-0.1, -0.05) is 12.8 Å². The molecule has 0 unspecified atom stereocenters. The van der Waals surface area contributed by atoms with Gasteiger partial charge in [-0.05, 0) is 74.1 Å². The van der Waals surface area contributed by atoms with Crippen LogP contribution in [0, 0.1) is 5.92 Å². The SMILES string of the molecule is CCOC(Cc1c(-c2cnn(CC3CCCC3)c2)ncnc1N(C(=O)OC(C)(C)C)C(=O)OC(C)(C)C)OCC. The number of hydrogen-bond acceptors (Lipinski definition) is 9. The standard InChI is InChI=1S/C29H45N5O6/c1-9-37-23(38-10-2)15-22-24(21-16-32-33(18-21)17-20-13-11-12-14-20)30-19-31-25(22)34(26(35)39-28(3,4)5)27(36)40-29(6,7)8/h16,18-20,23H,9-15,17H2,1-8H3. The smallest absolute Gasteiger partial charge is 0.425 e. The van der Waals surface area contributed by atoms with E-state index >= 15 is 0 Å². The number of hydrogen-bond donors (Lipinski definition) is 0. The lowest BCUT2D eigenvalue weighted by Crippen LogP contribution is -2.45. The molecule has 1 fully saturated rings. The number of nitrogens with zero attached hydrogens (tertiary/aromatic N) is 5. The van der Waals surface area contributed by atoms with Crippen LogP contribution < -0.4 is 4.90 Å². The van der Waals surface area contributed by atoms with Crippen molar-refractivity contribution in [2.24, 2.45) is 5.92 Å². The normalized spacial score (nSPS) is 14.5. The van der Waals surface area contributed by atoms with Crippen LogP contribution in [0.3, 0.4) is 0 Å². The molecule has 2 heterocycles. The minimum atomic E-state index is -0.908. The lowest BCUT2D eigenvalue weighted by atomic mass is 10.1. The van der Waals surface area contributed by atoms with E-state index in [4.69, 9.17) is 18.9 Å². The Bertz CT molecular complexity index is 1100. The summed E-state index contributed by atoms with van der Waals surface area (Å²) in [6.07, 6.45) is 7.59. The molecule has 222 valence electrons. The molecular weight excluding hydrogens is 514 g/mol. The molecule has 11 nitrogen and oxygen atoms in total. The minimum Gasteiger partial charge on any atom is -0.443 e. The van der Waals surface area contributed by atoms with E-state index in [1.807, 2.05) is 24.7 Å². The molecule has 11 heteroatoms. The van der Waals surface area contributed by atoms with Crippen LogP contribution in [0.15, 0.2) is 18.7 Å². The Balaban J connectivity index is 2.13. The number of anilines is 1. The van der Waals surface area contributed by atoms with Crippen LogP contribution in [0.2, 0.25) is 0 Å². The first-order chi connectivity index (χ1) is 18.8. The van der Waals surface area contributed by atoms with Gasteiger partial charge < -0.3 is 18.9 Å². The van der Waals surface area contributed by atoms with Crippen LogP contribution in [0.5, 0.6) is 0 Å². The Morgan fingerprint density at radius 2 is 1.55 bits per heavy atom. The first kappa shape index (κ1) is 31.5. The number of carbonyl (C=O) groups excluding carboxylic acids is 2. The lowest BCUT2D eigenvalue weighted by molar-refractivity contribution is -0.134. The van der Waals surface area contributed by atoms with Crippen molar-refractivity contribution in [1.82, 2.24) is 19.7 Å². The van der Waals surface area contributed by atoms with Gasteiger partial charge in [0.05, 0.1) is 11.9 Å². The third kappa shape index (κ3) is 8.99. The third-order valence-electron chi connectivity index (χ3n) is 6.19. The summed E-state index contributed by atoms with van der Waals surface area (Å²) in [5.41, 5.74) is -0.00515. The van der Waals surface area contributed by atoms with Crippen LogP contribution >= 0.6 is 0 Å². The van der Waals surface area contributed by atoms with Gasteiger partial charge in [0.2, 0.25) is 0 Å². The summed E-state index contributed by atoms with van der Waals surface area (Å²) < 4.78 is 24.8. The van der Waals surface area contributed by atoms with E-state index in [0.29, 0.717) is 30.4 Å². The average Bonchev–Trinajstić information content (AvgIpc) is 3.51. The van der Waals surface area contributed by atoms with Crippen molar-refractivity contribution in [2.45, 2.75) is 112 Å². The highest BCUT2D eigenvalue weighted by molar-refractivity contribution is 6.09. The van der Waals surface area contributed by atoms with Gasteiger partial charge in [0, 0.05) is 43.5 Å². The number of ether oxygens (including phenoxy) is 4. The zero-order chi connectivity index (χ0) is 29.5. The van der Waals surface area contributed by atoms with Crippen molar-refractivity contribution in [3.05, 3.63) is 24.3 Å². The largest absolute Gasteiger partial charge is 0.443 e. The van der Waals surface area contributed by atoms with Gasteiger partial charge in [0.1, 0.15) is 17.5 Å². The van der Waals surface area contributed by atoms with Crippen molar-refractivity contribution in [3.63, 3.8) is 0 Å². The Labute approximate surface area is 237 Å². The first-order valence-corrected chi connectivity index (χ1v) is 14.2. The van der Waals surface area contributed by atoms with Crippen LogP contribution in [-0.4, -0.2) is 62.6 Å². The predicted molar refractivity (Wildman–Crippen MR) is 151 cm³/mol. The van der Waals surface area contributed by atoms with Crippen molar-refractivity contribution < 1.29 is 28.5 Å². The molecule has 0 saturated heterocycles. The van der Waals surface area contributed by atoms with E-state index in [1.165, 1.54) is 32.0 Å². The molecule has 2 aromatic rings. The van der Waals surface area contributed by atoms with Crippen molar-refractivity contribution in [1.29, 1.82) is 0 Å². The zero-order valence-electron chi connectivity index (χ0n) is 25.2. The molecule has 0 aromatic carbocycles. The number of rotatable bonds is 10. The van der Waals surface area contributed by atoms with Crippen LogP contribution in [0.25, 0.3) is 11.3 Å². The van der Waals surface area contributed by atoms with E-state index in [-0.39, 0.29) is 12.2 Å². The number of aromatic nitrogens is 4. The number of imide groups is 1. The summed E-state index contributed by atoms with van der Waals surface area (Å²) in [7, 11) is 0. The monoisotopic (exact) mass is 559 g/mol. The molecular formula is C29H45N5O6. The van der Waals surface area contributed by atoms with Gasteiger partial charge in [0.25, 0.3) is 0 Å². The number of amides is 2. The predicted octanol–water partition coefficient (Wildman–Crippen LogP) is 6.15. The molecule has 2 amide bonds. The summed E-state index contributed by atoms with van der Waals surface area (Å²) in [6.45, 7) is 15.7. The van der Waals surface area contributed by atoms with E-state index < -0.39 is 29.7 Å². The minimum absolute atomic E-state index is 0.0430. The summed E-state index contributed by atoms with van der Waals surface area (Å²) in [5, 5.41) is 4.59. The Kier molecular flexibility index (Phi) is 10.7. The molecule has 2 aromatic heterocycles. The van der Waals surface area contributed by atoms with Gasteiger partial charge in [-0.15, -0.1) is 0 Å². The molecule has 40 heavy (non-hydrogen) atoms. The summed E-state index contributed by atoms with van der Waals surface area (Å²) >= 11 is 0. The summed E-state index contributed by atoms with van der Waals surface area (Å²) in [4.78, 5) is 36.8. The fraction of sp³-hybridized carbons (Fsp3) is 0.690. The van der Waals surface area contributed by atoms with Crippen molar-refractivity contribution >= 4 is 18.0 Å². The quantitative estimate of drug-likeness (QED) is 0.316. The van der Waals surface area contributed by atoms with Crippen molar-refractivity contribution in [2.75, 3.05) is 18.1 Å². The van der Waals surface area contributed by atoms with Crippen LogP contribution in [-0.2, 0) is 31.9 Å². The van der Waals surface area contributed by atoms with Gasteiger partial charge in [-0.3, -0.25) is 4.68 Å². The van der Waals surface area contributed by atoms with Gasteiger partial charge in [-0.2, -0.15) is 10.00 Å². The average molecular weight is 560 g/mol. The Hall–Kier alpha value is -3.05. The molecule has 0 bridgehead atoms. The molecule has 0 radical (unpaired) electrons. The second-order valence-corrected chi connectivity index (χ2v) is 12.0.